The highest BCUT2D eigenvalue weighted by molar-refractivity contribution is 5.76. The fraction of sp³-hybridized carbons (Fsp3) is 0.889. The topological polar surface area (TPSA) is 174 Å². The zero-order valence-electron chi connectivity index (χ0n) is 28.5. The molecule has 0 aromatic rings. The van der Waals surface area contributed by atoms with Crippen molar-refractivity contribution in [3.8, 4) is 0 Å². The fourth-order valence-electron chi connectivity index (χ4n) is 12.3. The van der Waals surface area contributed by atoms with Gasteiger partial charge in [-0.2, -0.15) is 0 Å². The van der Waals surface area contributed by atoms with Crippen molar-refractivity contribution in [1.29, 1.82) is 0 Å². The van der Waals surface area contributed by atoms with Gasteiger partial charge in [-0.15, -0.1) is 0 Å². The van der Waals surface area contributed by atoms with Gasteiger partial charge >= 0.3 is 11.9 Å². The highest BCUT2D eigenvalue weighted by Gasteiger charge is 2.70. The Bertz CT molecular complexity index is 1290. The maximum atomic E-state index is 12.9. The van der Waals surface area contributed by atoms with E-state index in [1.807, 2.05) is 0 Å². The monoisotopic (exact) mass is 648 g/mol. The average Bonchev–Trinajstić information content (AvgIpc) is 2.94. The van der Waals surface area contributed by atoms with Gasteiger partial charge in [0.05, 0.1) is 17.6 Å². The van der Waals surface area contributed by atoms with Gasteiger partial charge in [0.1, 0.15) is 18.3 Å². The van der Waals surface area contributed by atoms with Crippen LogP contribution in [0.4, 0.5) is 0 Å². The third kappa shape index (κ3) is 4.56. The first kappa shape index (κ1) is 34.3. The largest absolute Gasteiger partial charge is 0.481 e. The fourth-order valence-corrected chi connectivity index (χ4v) is 12.3. The quantitative estimate of drug-likeness (QED) is 0.192. The van der Waals surface area contributed by atoms with Gasteiger partial charge < -0.3 is 40.1 Å². The summed E-state index contributed by atoms with van der Waals surface area (Å²) in [4.78, 5) is 24.7. The van der Waals surface area contributed by atoms with E-state index in [1.165, 1.54) is 5.57 Å². The summed E-state index contributed by atoms with van der Waals surface area (Å²) in [5, 5.41) is 63.2. The van der Waals surface area contributed by atoms with Gasteiger partial charge in [-0.25, -0.2) is 4.79 Å². The van der Waals surface area contributed by atoms with Crippen LogP contribution in [0.15, 0.2) is 11.6 Å². The van der Waals surface area contributed by atoms with E-state index >= 15 is 0 Å². The van der Waals surface area contributed by atoms with E-state index in [9.17, 15) is 40.2 Å². The van der Waals surface area contributed by atoms with Crippen LogP contribution in [0.2, 0.25) is 0 Å². The first-order valence-corrected chi connectivity index (χ1v) is 17.4. The zero-order chi connectivity index (χ0) is 34.0. The molecule has 0 aromatic heterocycles. The molecule has 5 fully saturated rings. The number of carboxylic acid groups (broad SMARTS) is 2. The van der Waals surface area contributed by atoms with Crippen LogP contribution in [-0.2, 0) is 19.1 Å². The number of aliphatic carboxylic acids is 2. The number of aliphatic hydroxyl groups is 4. The Kier molecular flexibility index (Phi) is 7.99. The molecule has 1 heterocycles. The van der Waals surface area contributed by atoms with Crippen LogP contribution >= 0.6 is 0 Å². The Morgan fingerprint density at radius 1 is 0.826 bits per heavy atom. The minimum Gasteiger partial charge on any atom is -0.481 e. The Morgan fingerprint density at radius 3 is 2.11 bits per heavy atom. The second-order valence-corrected chi connectivity index (χ2v) is 18.1. The van der Waals surface area contributed by atoms with Gasteiger partial charge in [0, 0.05) is 0 Å². The second kappa shape index (κ2) is 10.7. The third-order valence-corrected chi connectivity index (χ3v) is 15.1. The summed E-state index contributed by atoms with van der Waals surface area (Å²) >= 11 is 0. The van der Waals surface area contributed by atoms with Gasteiger partial charge in [-0.1, -0.05) is 60.1 Å². The standard InChI is InChI=1S/C36H56O10/c1-31(2)12-14-36(30(43)44)15-13-34(6)18(19(36)16-31)8-9-22-33(5)17-20(37)27(32(3,4)21(33)10-11-35(22,34)7)46-29-25(40)23(38)24(39)26(45-29)28(41)42/h8,19-27,29,37-40H,9-17H2,1-7H3,(H,41,42)(H,43,44)/t19-,20-,21-,22+,23-,24-,25+,26-,27-,29-,33-,34+,35+,36-/m0/s1. The molecule has 0 amide bonds. The summed E-state index contributed by atoms with van der Waals surface area (Å²) in [6, 6.07) is 0. The smallest absolute Gasteiger partial charge is 0.335 e. The van der Waals surface area contributed by atoms with Crippen molar-refractivity contribution in [3.63, 3.8) is 0 Å². The first-order chi connectivity index (χ1) is 21.2. The van der Waals surface area contributed by atoms with Gasteiger partial charge in [0.2, 0.25) is 0 Å². The number of aliphatic hydroxyl groups excluding tert-OH is 4. The van der Waals surface area contributed by atoms with Gasteiger partial charge in [0.15, 0.2) is 12.4 Å². The van der Waals surface area contributed by atoms with Crippen LogP contribution in [0.5, 0.6) is 0 Å². The van der Waals surface area contributed by atoms with Crippen LogP contribution in [-0.4, -0.2) is 85.5 Å². The van der Waals surface area contributed by atoms with Gasteiger partial charge in [-0.05, 0) is 103 Å². The third-order valence-electron chi connectivity index (χ3n) is 15.1. The molecule has 0 spiro atoms. The number of allylic oxidation sites excluding steroid dienone is 2. The minimum atomic E-state index is -1.82. The number of carboxylic acids is 2. The van der Waals surface area contributed by atoms with Crippen LogP contribution < -0.4 is 0 Å². The molecule has 46 heavy (non-hydrogen) atoms. The molecule has 6 aliphatic rings. The Hall–Kier alpha value is -1.56. The molecule has 0 aromatic carbocycles. The number of fused-ring (bicyclic) bond motifs is 7. The highest BCUT2D eigenvalue weighted by Crippen LogP contribution is 2.76. The minimum absolute atomic E-state index is 0.0207. The zero-order valence-corrected chi connectivity index (χ0v) is 28.5. The van der Waals surface area contributed by atoms with Crippen molar-refractivity contribution in [2.45, 2.75) is 149 Å². The normalized spacial score (nSPS) is 52.6. The van der Waals surface area contributed by atoms with Crippen molar-refractivity contribution < 1.29 is 49.7 Å². The Morgan fingerprint density at radius 2 is 1.48 bits per heavy atom. The summed E-state index contributed by atoms with van der Waals surface area (Å²) in [7, 11) is 0. The predicted octanol–water partition coefficient (Wildman–Crippen LogP) is 4.12. The molecule has 1 saturated heterocycles. The predicted molar refractivity (Wildman–Crippen MR) is 167 cm³/mol. The van der Waals surface area contributed by atoms with E-state index in [1.54, 1.807) is 0 Å². The van der Waals surface area contributed by atoms with Crippen molar-refractivity contribution in [3.05, 3.63) is 11.6 Å². The lowest BCUT2D eigenvalue weighted by Crippen LogP contribution is -2.68. The van der Waals surface area contributed by atoms with Crippen LogP contribution in [0.25, 0.3) is 0 Å². The summed E-state index contributed by atoms with van der Waals surface area (Å²) in [6.45, 7) is 15.8. The lowest BCUT2D eigenvalue weighted by molar-refractivity contribution is -0.336. The maximum absolute atomic E-state index is 12.9. The lowest BCUT2D eigenvalue weighted by atomic mass is 9.33. The lowest BCUT2D eigenvalue weighted by Gasteiger charge is -2.71. The molecule has 4 saturated carbocycles. The van der Waals surface area contributed by atoms with Crippen LogP contribution in [0.3, 0.4) is 0 Å². The summed E-state index contributed by atoms with van der Waals surface area (Å²) < 4.78 is 11.7. The first-order valence-electron chi connectivity index (χ1n) is 17.4. The molecule has 14 atom stereocenters. The van der Waals surface area contributed by atoms with E-state index in [0.717, 1.165) is 44.9 Å². The molecular formula is C36H56O10. The number of hydrogen-bond acceptors (Lipinski definition) is 8. The van der Waals surface area contributed by atoms with Crippen molar-refractivity contribution in [2.24, 2.45) is 50.2 Å². The molecule has 0 bridgehead atoms. The van der Waals surface area contributed by atoms with E-state index in [4.69, 9.17) is 9.47 Å². The molecule has 260 valence electrons. The van der Waals surface area contributed by atoms with Crippen molar-refractivity contribution in [2.75, 3.05) is 0 Å². The molecule has 0 unspecified atom stereocenters. The number of carbonyl (C=O) groups is 2. The number of hydrogen-bond donors (Lipinski definition) is 6. The Labute approximate surface area is 272 Å². The molecule has 6 N–H and O–H groups in total. The van der Waals surface area contributed by atoms with E-state index in [2.05, 4.69) is 54.5 Å². The molecule has 0 radical (unpaired) electrons. The molecular weight excluding hydrogens is 592 g/mol. The SMILES string of the molecule is CC1(C)CC[C@]2(C(=O)O)CC[C@]3(C)C(=CC[C@@H]4[C@@]5(C)C[C@H](O)[C@H](O[C@@H]6O[C@H](C(=O)O)[C@@H](O)[C@H](O)[C@H]6O)C(C)(C)[C@@H]5CC[C@]43C)[C@@H]2C1. The van der Waals surface area contributed by atoms with Crippen LogP contribution in [0.1, 0.15) is 106 Å². The van der Waals surface area contributed by atoms with Crippen LogP contribution in [0, 0.1) is 50.2 Å². The van der Waals surface area contributed by atoms with Crippen molar-refractivity contribution in [1.82, 2.24) is 0 Å². The van der Waals surface area contributed by atoms with E-state index in [-0.39, 0.29) is 39.4 Å². The van der Waals surface area contributed by atoms with Gasteiger partial charge in [0.25, 0.3) is 0 Å². The van der Waals surface area contributed by atoms with Gasteiger partial charge in [-0.3, -0.25) is 4.79 Å². The summed E-state index contributed by atoms with van der Waals surface area (Å²) in [5.41, 5.74) is -0.413. The highest BCUT2D eigenvalue weighted by atomic mass is 16.7. The van der Waals surface area contributed by atoms with Crippen molar-refractivity contribution >= 4 is 11.9 Å². The Balaban J connectivity index is 1.32. The number of ether oxygens (including phenoxy) is 2. The summed E-state index contributed by atoms with van der Waals surface area (Å²) in [6.07, 6.45) is -0.824. The molecule has 5 aliphatic carbocycles. The second-order valence-electron chi connectivity index (χ2n) is 18.1. The molecule has 10 nitrogen and oxygen atoms in total. The molecule has 6 rings (SSSR count). The van der Waals surface area contributed by atoms with E-state index < -0.39 is 65.7 Å². The summed E-state index contributed by atoms with van der Waals surface area (Å²) in [5.74, 6) is -1.75. The molecule has 10 heteroatoms. The average molecular weight is 649 g/mol. The molecule has 1 aliphatic heterocycles. The maximum Gasteiger partial charge on any atom is 0.335 e. The van der Waals surface area contributed by atoms with E-state index in [0.29, 0.717) is 12.8 Å². The number of rotatable bonds is 4.